The number of aliphatic hydroxyl groups excluding tert-OH is 1. The minimum absolute atomic E-state index is 0.0161. The van der Waals surface area contributed by atoms with E-state index in [2.05, 4.69) is 41.8 Å². The Hall–Kier alpha value is -1.84. The van der Waals surface area contributed by atoms with Crippen molar-refractivity contribution in [3.63, 3.8) is 0 Å². The van der Waals surface area contributed by atoms with E-state index in [0.717, 1.165) is 47.7 Å². The number of hydrogen-bond acceptors (Lipinski definition) is 10. The number of hydrogen-bond donors (Lipinski definition) is 2. The van der Waals surface area contributed by atoms with Gasteiger partial charge in [0.25, 0.3) is 0 Å². The lowest BCUT2D eigenvalue weighted by Crippen LogP contribution is -2.70. The van der Waals surface area contributed by atoms with Crippen molar-refractivity contribution in [2.24, 2.45) is 5.41 Å². The summed E-state index contributed by atoms with van der Waals surface area (Å²) in [4.78, 5) is 47.8. The molecule has 3 heterocycles. The molecule has 268 valence electrons. The number of amides is 1. The number of hydroxylamine groups is 2. The number of benzene rings is 1. The average Bonchev–Trinajstić information content (AvgIpc) is 3.57. The second-order valence-corrected chi connectivity index (χ2v) is 16.1. The minimum atomic E-state index is -1.37. The van der Waals surface area contributed by atoms with Crippen LogP contribution in [0.15, 0.2) is 24.3 Å². The van der Waals surface area contributed by atoms with Crippen LogP contribution in [-0.2, 0) is 44.7 Å². The summed E-state index contributed by atoms with van der Waals surface area (Å²) in [6.07, 6.45) is 5.09. The zero-order valence-corrected chi connectivity index (χ0v) is 31.2. The van der Waals surface area contributed by atoms with E-state index in [9.17, 15) is 19.5 Å². The third-order valence-electron chi connectivity index (χ3n) is 9.90. The Balaban J connectivity index is 1.46. The lowest BCUT2D eigenvalue weighted by atomic mass is 9.62. The number of aliphatic hydroxyl groups is 1. The Morgan fingerprint density at radius 1 is 1.10 bits per heavy atom. The molecule has 1 aliphatic carbocycles. The molecule has 3 aliphatic heterocycles. The fraction of sp³-hybridized carbons (Fsp3) is 0.750. The fourth-order valence-electron chi connectivity index (χ4n) is 7.73. The number of carbonyl (C=O) groups is 3. The highest BCUT2D eigenvalue weighted by Gasteiger charge is 2.76. The molecule has 0 aromatic heterocycles. The maximum Gasteiger partial charge on any atom is 0.327 e. The number of halogens is 1. The first-order chi connectivity index (χ1) is 22.8. The van der Waals surface area contributed by atoms with Gasteiger partial charge in [-0.3, -0.25) is 19.2 Å². The molecule has 1 aromatic carbocycles. The Kier molecular flexibility index (Phi) is 12.2. The quantitative estimate of drug-likeness (QED) is 0.129. The highest BCUT2D eigenvalue weighted by atomic mass is 127. The van der Waals surface area contributed by atoms with Crippen molar-refractivity contribution in [1.82, 2.24) is 10.4 Å². The zero-order chi connectivity index (χ0) is 34.7. The summed E-state index contributed by atoms with van der Waals surface area (Å²) in [7, 11) is 0. The highest BCUT2D eigenvalue weighted by Crippen LogP contribution is 2.58. The molecule has 2 N–H and O–H groups in total. The zero-order valence-electron chi connectivity index (χ0n) is 29.0. The summed E-state index contributed by atoms with van der Waals surface area (Å²) < 4.78 is 26.3. The maximum atomic E-state index is 14.7. The second-order valence-electron chi connectivity index (χ2n) is 14.8. The van der Waals surface area contributed by atoms with Crippen LogP contribution in [0.3, 0.4) is 0 Å². The van der Waals surface area contributed by atoms with Gasteiger partial charge in [0, 0.05) is 29.3 Å². The van der Waals surface area contributed by atoms with Crippen LogP contribution >= 0.6 is 22.6 Å². The Morgan fingerprint density at radius 3 is 2.42 bits per heavy atom. The first-order valence-corrected chi connectivity index (χ1v) is 18.8. The van der Waals surface area contributed by atoms with E-state index in [1.54, 1.807) is 25.8 Å². The van der Waals surface area contributed by atoms with E-state index < -0.39 is 71.1 Å². The van der Waals surface area contributed by atoms with Crippen molar-refractivity contribution in [1.29, 1.82) is 0 Å². The molecule has 7 atom stereocenters. The molecule has 12 heteroatoms. The minimum Gasteiger partial charge on any atom is -0.460 e. The third-order valence-corrected chi connectivity index (χ3v) is 10.6. The van der Waals surface area contributed by atoms with Crippen LogP contribution in [0.2, 0.25) is 0 Å². The lowest BCUT2D eigenvalue weighted by molar-refractivity contribution is -0.224. The summed E-state index contributed by atoms with van der Waals surface area (Å²) in [5, 5.41) is 14.9. The van der Waals surface area contributed by atoms with Gasteiger partial charge in [-0.15, -0.1) is 0 Å². The van der Waals surface area contributed by atoms with Crippen LogP contribution in [0, 0.1) is 8.99 Å². The molecule has 1 aromatic rings. The number of ether oxygens (including phenoxy) is 4. The SMILES string of the molecule is CCCCCC1(CCCCC)OC2C3CC4(C(=O)NC(CO)CCC(=O)OC(C)(C)C)C(ON(Cc5cccc(I)c5)C4C(=O)O3)C2O1. The van der Waals surface area contributed by atoms with Crippen molar-refractivity contribution >= 4 is 40.4 Å². The van der Waals surface area contributed by atoms with Crippen LogP contribution in [-0.4, -0.2) is 82.5 Å². The van der Waals surface area contributed by atoms with Crippen molar-refractivity contribution in [3.8, 4) is 0 Å². The Bertz CT molecular complexity index is 1290. The van der Waals surface area contributed by atoms with Gasteiger partial charge in [0.1, 0.15) is 35.4 Å². The van der Waals surface area contributed by atoms with Gasteiger partial charge in [-0.05, 0) is 80.3 Å². The topological polar surface area (TPSA) is 133 Å². The number of unbranched alkanes of at least 4 members (excludes halogenated alkanes) is 4. The van der Waals surface area contributed by atoms with Crippen molar-refractivity contribution in [2.75, 3.05) is 6.61 Å². The molecule has 1 saturated carbocycles. The van der Waals surface area contributed by atoms with E-state index in [0.29, 0.717) is 12.8 Å². The summed E-state index contributed by atoms with van der Waals surface area (Å²) in [6, 6.07) is 6.12. The molecule has 2 bridgehead atoms. The van der Waals surface area contributed by atoms with Gasteiger partial charge in [-0.2, -0.15) is 5.06 Å². The van der Waals surface area contributed by atoms with Gasteiger partial charge in [-0.1, -0.05) is 51.7 Å². The predicted molar refractivity (Wildman–Crippen MR) is 185 cm³/mol. The third kappa shape index (κ3) is 8.04. The molecule has 11 nitrogen and oxygen atoms in total. The smallest absolute Gasteiger partial charge is 0.327 e. The van der Waals surface area contributed by atoms with Crippen LogP contribution < -0.4 is 5.32 Å². The Labute approximate surface area is 298 Å². The predicted octanol–water partition coefficient (Wildman–Crippen LogP) is 5.33. The highest BCUT2D eigenvalue weighted by molar-refractivity contribution is 14.1. The molecule has 48 heavy (non-hydrogen) atoms. The standard InChI is InChI=1S/C36H53IN2O9/c1-6-8-10-17-35(18-11-9-7-2)46-28-26-20-36(33(43)38-25(22-40)15-16-27(41)45-34(3,4)5)30(32(42)44-26)39(48-31(36)29(28)47-35)21-23-13-12-14-24(37)19-23/h12-14,19,25-26,28-31,40H,6-11,15-18,20-22H2,1-5H3,(H,38,43). The number of nitrogens with one attached hydrogen (secondary N) is 1. The first kappa shape index (κ1) is 37.4. The molecule has 0 spiro atoms. The number of fused-ring (bicyclic) bond motifs is 4. The summed E-state index contributed by atoms with van der Waals surface area (Å²) in [5.74, 6) is -2.24. The van der Waals surface area contributed by atoms with Crippen LogP contribution in [0.5, 0.6) is 0 Å². The van der Waals surface area contributed by atoms with E-state index in [1.807, 2.05) is 24.3 Å². The molecule has 4 aliphatic rings. The van der Waals surface area contributed by atoms with E-state index in [4.69, 9.17) is 23.8 Å². The van der Waals surface area contributed by atoms with Gasteiger partial charge >= 0.3 is 11.9 Å². The van der Waals surface area contributed by atoms with Crippen LogP contribution in [0.4, 0.5) is 0 Å². The largest absolute Gasteiger partial charge is 0.460 e. The van der Waals surface area contributed by atoms with E-state index >= 15 is 0 Å². The summed E-state index contributed by atoms with van der Waals surface area (Å²) in [5.41, 5.74) is -1.09. The first-order valence-electron chi connectivity index (χ1n) is 17.7. The average molecular weight is 785 g/mol. The van der Waals surface area contributed by atoms with E-state index in [1.165, 1.54) is 0 Å². The molecular weight excluding hydrogens is 731 g/mol. The lowest BCUT2D eigenvalue weighted by Gasteiger charge is -2.49. The monoisotopic (exact) mass is 784 g/mol. The molecule has 4 fully saturated rings. The number of nitrogens with zero attached hydrogens (tertiary/aromatic N) is 1. The molecular formula is C36H53IN2O9. The van der Waals surface area contributed by atoms with Gasteiger partial charge in [0.15, 0.2) is 11.8 Å². The molecule has 0 radical (unpaired) electrons. The van der Waals surface area contributed by atoms with Gasteiger partial charge in [-0.25, -0.2) is 0 Å². The molecule has 3 saturated heterocycles. The van der Waals surface area contributed by atoms with Gasteiger partial charge in [0.2, 0.25) is 5.91 Å². The van der Waals surface area contributed by atoms with Crippen molar-refractivity contribution in [2.45, 2.75) is 160 Å². The number of rotatable bonds is 16. The Morgan fingerprint density at radius 2 is 1.79 bits per heavy atom. The fourth-order valence-corrected chi connectivity index (χ4v) is 8.33. The summed E-state index contributed by atoms with van der Waals surface area (Å²) >= 11 is 2.24. The number of esters is 2. The van der Waals surface area contributed by atoms with Crippen molar-refractivity contribution in [3.05, 3.63) is 33.4 Å². The number of carbonyl (C=O) groups excluding carboxylic acids is 3. The van der Waals surface area contributed by atoms with Crippen LogP contribution in [0.25, 0.3) is 0 Å². The van der Waals surface area contributed by atoms with E-state index in [-0.39, 0.29) is 32.4 Å². The second kappa shape index (κ2) is 15.6. The molecule has 7 unspecified atom stereocenters. The van der Waals surface area contributed by atoms with Crippen molar-refractivity contribution < 1.29 is 43.3 Å². The van der Waals surface area contributed by atoms with Crippen LogP contribution in [0.1, 0.15) is 111 Å². The normalized spacial score (nSPS) is 29.6. The maximum absolute atomic E-state index is 14.7. The molecule has 1 amide bonds. The molecule has 5 rings (SSSR count). The van der Waals surface area contributed by atoms with Gasteiger partial charge < -0.3 is 29.4 Å². The van der Waals surface area contributed by atoms with Gasteiger partial charge in [0.05, 0.1) is 19.2 Å². The summed E-state index contributed by atoms with van der Waals surface area (Å²) in [6.45, 7) is 9.56.